The normalized spacial score (nSPS) is 11.0. The summed E-state index contributed by atoms with van der Waals surface area (Å²) in [6.45, 7) is 5.86. The third-order valence-electron chi connectivity index (χ3n) is 1.98. The van der Waals surface area contributed by atoms with Crippen molar-refractivity contribution in [2.75, 3.05) is 19.8 Å². The van der Waals surface area contributed by atoms with Crippen LogP contribution in [0.4, 0.5) is 0 Å². The molecule has 0 aromatic rings. The second-order valence-corrected chi connectivity index (χ2v) is 3.24. The van der Waals surface area contributed by atoms with Gasteiger partial charge in [0.25, 0.3) is 0 Å². The number of hydrogen-bond acceptors (Lipinski definition) is 2. The summed E-state index contributed by atoms with van der Waals surface area (Å²) < 4.78 is 5.30. The van der Waals surface area contributed by atoms with Gasteiger partial charge in [-0.3, -0.25) is 0 Å². The Hall–Kier alpha value is -0.0800. The van der Waals surface area contributed by atoms with Crippen LogP contribution < -0.4 is 0 Å². The minimum atomic E-state index is 0.144. The third kappa shape index (κ3) is 6.62. The minimum absolute atomic E-state index is 0.144. The molecule has 2 heteroatoms. The molecule has 0 heterocycles. The highest BCUT2D eigenvalue weighted by atomic mass is 16.5. The van der Waals surface area contributed by atoms with Crippen LogP contribution in [0.15, 0.2) is 0 Å². The first kappa shape index (κ1) is 11.9. The van der Waals surface area contributed by atoms with E-state index in [-0.39, 0.29) is 6.61 Å². The molecule has 0 aliphatic rings. The Labute approximate surface area is 75.9 Å². The average molecular weight is 174 g/mol. The fraction of sp³-hybridized carbons (Fsp3) is 1.00. The standard InChI is InChI=1S/C10H22O2/c1-3-5-10(6-4-2)9-12-8-7-11/h10-11H,3-9H2,1-2H3. The van der Waals surface area contributed by atoms with E-state index in [9.17, 15) is 0 Å². The smallest absolute Gasteiger partial charge is 0.0697 e. The van der Waals surface area contributed by atoms with Gasteiger partial charge in [-0.25, -0.2) is 0 Å². The van der Waals surface area contributed by atoms with E-state index in [1.54, 1.807) is 0 Å². The first-order valence-corrected chi connectivity index (χ1v) is 5.03. The number of rotatable bonds is 8. The maximum absolute atomic E-state index is 8.51. The Balaban J connectivity index is 3.34. The van der Waals surface area contributed by atoms with E-state index >= 15 is 0 Å². The molecule has 0 bridgehead atoms. The molecule has 0 amide bonds. The van der Waals surface area contributed by atoms with Crippen LogP contribution in [-0.4, -0.2) is 24.9 Å². The van der Waals surface area contributed by atoms with E-state index < -0.39 is 0 Å². The molecule has 2 nitrogen and oxygen atoms in total. The molecule has 0 atom stereocenters. The molecular formula is C10H22O2. The molecule has 74 valence electrons. The largest absolute Gasteiger partial charge is 0.394 e. The van der Waals surface area contributed by atoms with Crippen LogP contribution in [0.2, 0.25) is 0 Å². The fourth-order valence-electron chi connectivity index (χ4n) is 1.44. The van der Waals surface area contributed by atoms with Crippen molar-refractivity contribution in [2.45, 2.75) is 39.5 Å². The Kier molecular flexibility index (Phi) is 8.95. The van der Waals surface area contributed by atoms with E-state index in [1.807, 2.05) is 0 Å². The molecule has 0 saturated heterocycles. The molecule has 0 radical (unpaired) electrons. The molecule has 0 aliphatic carbocycles. The van der Waals surface area contributed by atoms with Crippen molar-refractivity contribution in [3.63, 3.8) is 0 Å². The quantitative estimate of drug-likeness (QED) is 0.572. The Morgan fingerprint density at radius 3 is 2.17 bits per heavy atom. The predicted molar refractivity (Wildman–Crippen MR) is 51.2 cm³/mol. The molecule has 0 unspecified atom stereocenters. The summed E-state index contributed by atoms with van der Waals surface area (Å²) in [5.74, 6) is 0.701. The van der Waals surface area contributed by atoms with Crippen molar-refractivity contribution in [3.8, 4) is 0 Å². The van der Waals surface area contributed by atoms with E-state index in [2.05, 4.69) is 13.8 Å². The molecule has 12 heavy (non-hydrogen) atoms. The summed E-state index contributed by atoms with van der Waals surface area (Å²) in [7, 11) is 0. The van der Waals surface area contributed by atoms with Crippen LogP contribution in [-0.2, 0) is 4.74 Å². The lowest BCUT2D eigenvalue weighted by molar-refractivity contribution is 0.0630. The van der Waals surface area contributed by atoms with Crippen molar-refractivity contribution in [1.82, 2.24) is 0 Å². The Morgan fingerprint density at radius 1 is 1.17 bits per heavy atom. The Morgan fingerprint density at radius 2 is 1.75 bits per heavy atom. The Bertz CT molecular complexity index is 77.9. The second kappa shape index (κ2) is 9.01. The topological polar surface area (TPSA) is 29.5 Å². The van der Waals surface area contributed by atoms with Crippen LogP contribution in [0.1, 0.15) is 39.5 Å². The SMILES string of the molecule is CCCC(CCC)COCCO. The zero-order valence-electron chi connectivity index (χ0n) is 8.38. The van der Waals surface area contributed by atoms with Gasteiger partial charge in [-0.15, -0.1) is 0 Å². The first-order valence-electron chi connectivity index (χ1n) is 5.03. The van der Waals surface area contributed by atoms with Crippen molar-refractivity contribution >= 4 is 0 Å². The minimum Gasteiger partial charge on any atom is -0.394 e. The van der Waals surface area contributed by atoms with Gasteiger partial charge in [-0.1, -0.05) is 26.7 Å². The summed E-state index contributed by atoms with van der Waals surface area (Å²) in [5, 5.41) is 8.51. The van der Waals surface area contributed by atoms with Gasteiger partial charge in [0.05, 0.1) is 13.2 Å². The van der Waals surface area contributed by atoms with Crippen LogP contribution in [0.3, 0.4) is 0 Å². The van der Waals surface area contributed by atoms with Crippen LogP contribution in [0.5, 0.6) is 0 Å². The van der Waals surface area contributed by atoms with Gasteiger partial charge in [0, 0.05) is 6.61 Å². The number of hydrogen-bond donors (Lipinski definition) is 1. The molecule has 0 aromatic carbocycles. The van der Waals surface area contributed by atoms with Crippen molar-refractivity contribution in [3.05, 3.63) is 0 Å². The molecule has 0 aromatic heterocycles. The van der Waals surface area contributed by atoms with Crippen LogP contribution >= 0.6 is 0 Å². The number of ether oxygens (including phenoxy) is 1. The summed E-state index contributed by atoms with van der Waals surface area (Å²) in [6, 6.07) is 0. The van der Waals surface area contributed by atoms with Gasteiger partial charge in [0.15, 0.2) is 0 Å². The maximum Gasteiger partial charge on any atom is 0.0697 e. The maximum atomic E-state index is 8.51. The number of aliphatic hydroxyl groups is 1. The molecule has 0 saturated carbocycles. The van der Waals surface area contributed by atoms with Gasteiger partial charge in [-0.05, 0) is 18.8 Å². The van der Waals surface area contributed by atoms with E-state index in [1.165, 1.54) is 25.7 Å². The van der Waals surface area contributed by atoms with E-state index in [0.717, 1.165) is 6.61 Å². The molecule has 0 spiro atoms. The van der Waals surface area contributed by atoms with Crippen LogP contribution in [0, 0.1) is 5.92 Å². The van der Waals surface area contributed by atoms with Crippen molar-refractivity contribution in [1.29, 1.82) is 0 Å². The molecule has 1 N–H and O–H groups in total. The average Bonchev–Trinajstić information content (AvgIpc) is 2.06. The van der Waals surface area contributed by atoms with Gasteiger partial charge in [-0.2, -0.15) is 0 Å². The van der Waals surface area contributed by atoms with Gasteiger partial charge in [0.2, 0.25) is 0 Å². The first-order chi connectivity index (χ1) is 5.85. The highest BCUT2D eigenvalue weighted by molar-refractivity contribution is 4.56. The highest BCUT2D eigenvalue weighted by Gasteiger charge is 2.05. The summed E-state index contributed by atoms with van der Waals surface area (Å²) >= 11 is 0. The van der Waals surface area contributed by atoms with Crippen molar-refractivity contribution in [2.24, 2.45) is 5.92 Å². The van der Waals surface area contributed by atoms with Crippen molar-refractivity contribution < 1.29 is 9.84 Å². The monoisotopic (exact) mass is 174 g/mol. The molecular weight excluding hydrogens is 152 g/mol. The lowest BCUT2D eigenvalue weighted by Crippen LogP contribution is -2.11. The lowest BCUT2D eigenvalue weighted by Gasteiger charge is -2.14. The zero-order chi connectivity index (χ0) is 9.23. The fourth-order valence-corrected chi connectivity index (χ4v) is 1.44. The van der Waals surface area contributed by atoms with E-state index in [0.29, 0.717) is 12.5 Å². The molecule has 0 rings (SSSR count). The van der Waals surface area contributed by atoms with Gasteiger partial charge < -0.3 is 9.84 Å². The second-order valence-electron chi connectivity index (χ2n) is 3.24. The lowest BCUT2D eigenvalue weighted by atomic mass is 9.99. The highest BCUT2D eigenvalue weighted by Crippen LogP contribution is 2.13. The zero-order valence-corrected chi connectivity index (χ0v) is 8.38. The van der Waals surface area contributed by atoms with Gasteiger partial charge >= 0.3 is 0 Å². The summed E-state index contributed by atoms with van der Waals surface area (Å²) in [5.41, 5.74) is 0. The summed E-state index contributed by atoms with van der Waals surface area (Å²) in [4.78, 5) is 0. The van der Waals surface area contributed by atoms with E-state index in [4.69, 9.17) is 9.84 Å². The van der Waals surface area contributed by atoms with Gasteiger partial charge in [0.1, 0.15) is 0 Å². The third-order valence-corrected chi connectivity index (χ3v) is 1.98. The molecule has 0 fully saturated rings. The van der Waals surface area contributed by atoms with Crippen LogP contribution in [0.25, 0.3) is 0 Å². The predicted octanol–water partition coefficient (Wildman–Crippen LogP) is 2.21. The molecule has 0 aliphatic heterocycles. The summed E-state index contributed by atoms with van der Waals surface area (Å²) in [6.07, 6.45) is 4.96. The number of aliphatic hydroxyl groups excluding tert-OH is 1.